The minimum absolute atomic E-state index is 0.168. The molecule has 1 aromatic carbocycles. The molecule has 2 heterocycles. The largest absolute Gasteiger partial charge is 0.393 e. The molecule has 1 fully saturated rings. The normalized spacial score (nSPS) is 20.2. The van der Waals surface area contributed by atoms with E-state index in [4.69, 9.17) is 11.6 Å². The van der Waals surface area contributed by atoms with Crippen molar-refractivity contribution < 1.29 is 9.90 Å². The second kappa shape index (κ2) is 7.05. The Bertz CT molecular complexity index is 948. The Morgan fingerprint density at radius 3 is 2.69 bits per heavy atom. The predicted molar refractivity (Wildman–Crippen MR) is 101 cm³/mol. The van der Waals surface area contributed by atoms with E-state index in [1.807, 2.05) is 0 Å². The van der Waals surface area contributed by atoms with Crippen LogP contribution in [0.3, 0.4) is 0 Å². The van der Waals surface area contributed by atoms with Crippen LogP contribution in [0.1, 0.15) is 41.6 Å². The van der Waals surface area contributed by atoms with Gasteiger partial charge in [-0.05, 0) is 37.8 Å². The number of rotatable bonds is 4. The third-order valence-corrected chi connectivity index (χ3v) is 5.20. The molecule has 134 valence electrons. The Morgan fingerprint density at radius 1 is 1.15 bits per heavy atom. The van der Waals surface area contributed by atoms with Gasteiger partial charge in [0.2, 0.25) is 0 Å². The number of halogens is 1. The summed E-state index contributed by atoms with van der Waals surface area (Å²) >= 11 is 6.19. The van der Waals surface area contributed by atoms with E-state index in [1.54, 1.807) is 30.5 Å². The summed E-state index contributed by atoms with van der Waals surface area (Å²) in [7, 11) is 0. The highest BCUT2D eigenvalue weighted by Crippen LogP contribution is 2.30. The molecule has 0 aliphatic heterocycles. The van der Waals surface area contributed by atoms with Crippen molar-refractivity contribution >= 4 is 34.2 Å². The Balaban J connectivity index is 1.71. The second-order valence-corrected chi connectivity index (χ2v) is 7.01. The summed E-state index contributed by atoms with van der Waals surface area (Å²) < 4.78 is 0. The number of aromatic amines is 1. The number of nitrogens with zero attached hydrogens (tertiary/aromatic N) is 2. The maximum atomic E-state index is 13.0. The number of aromatic nitrogens is 3. The Kier molecular flexibility index (Phi) is 4.61. The van der Waals surface area contributed by atoms with Gasteiger partial charge < -0.3 is 15.4 Å². The van der Waals surface area contributed by atoms with Gasteiger partial charge in [-0.25, -0.2) is 9.97 Å². The molecule has 0 amide bonds. The lowest BCUT2D eigenvalue weighted by molar-refractivity contribution is 0.104. The van der Waals surface area contributed by atoms with E-state index in [0.717, 1.165) is 25.7 Å². The minimum atomic E-state index is -0.219. The smallest absolute Gasteiger partial charge is 0.196 e. The van der Waals surface area contributed by atoms with Gasteiger partial charge in [-0.1, -0.05) is 23.7 Å². The van der Waals surface area contributed by atoms with Crippen molar-refractivity contribution in [2.75, 3.05) is 5.32 Å². The Hall–Kier alpha value is -2.44. The molecule has 6 nitrogen and oxygen atoms in total. The zero-order valence-corrected chi connectivity index (χ0v) is 14.8. The van der Waals surface area contributed by atoms with Gasteiger partial charge in [-0.3, -0.25) is 4.79 Å². The van der Waals surface area contributed by atoms with Crippen LogP contribution in [-0.2, 0) is 0 Å². The van der Waals surface area contributed by atoms with Crippen molar-refractivity contribution in [3.8, 4) is 0 Å². The SMILES string of the molecule is O=C(c1ccccc1Cl)c1c[nH]c2ncnc(NC3CCC(O)CC3)c12. The molecule has 3 N–H and O–H groups in total. The number of hydrogen-bond donors (Lipinski definition) is 3. The van der Waals surface area contributed by atoms with Gasteiger partial charge in [0.25, 0.3) is 0 Å². The lowest BCUT2D eigenvalue weighted by atomic mass is 9.93. The number of hydrogen-bond acceptors (Lipinski definition) is 5. The maximum Gasteiger partial charge on any atom is 0.196 e. The molecule has 1 saturated carbocycles. The lowest BCUT2D eigenvalue weighted by Gasteiger charge is -2.26. The van der Waals surface area contributed by atoms with E-state index in [2.05, 4.69) is 20.3 Å². The number of carbonyl (C=O) groups excluding carboxylic acids is 1. The molecule has 1 aliphatic carbocycles. The molecule has 26 heavy (non-hydrogen) atoms. The van der Waals surface area contributed by atoms with Crippen LogP contribution in [0, 0.1) is 0 Å². The number of H-pyrrole nitrogens is 1. The first kappa shape index (κ1) is 17.0. The number of benzene rings is 1. The van der Waals surface area contributed by atoms with Gasteiger partial charge in [0, 0.05) is 17.8 Å². The van der Waals surface area contributed by atoms with Crippen LogP contribution in [0.5, 0.6) is 0 Å². The molecule has 0 spiro atoms. The van der Waals surface area contributed by atoms with Crippen molar-refractivity contribution in [1.82, 2.24) is 15.0 Å². The van der Waals surface area contributed by atoms with E-state index in [9.17, 15) is 9.90 Å². The van der Waals surface area contributed by atoms with E-state index in [-0.39, 0.29) is 17.9 Å². The first-order valence-corrected chi connectivity index (χ1v) is 9.07. The summed E-state index contributed by atoms with van der Waals surface area (Å²) in [4.78, 5) is 24.7. The monoisotopic (exact) mass is 370 g/mol. The maximum absolute atomic E-state index is 13.0. The molecule has 0 bridgehead atoms. The van der Waals surface area contributed by atoms with Crippen LogP contribution in [0.4, 0.5) is 5.82 Å². The third-order valence-electron chi connectivity index (χ3n) is 4.87. The molecule has 1 aliphatic rings. The minimum Gasteiger partial charge on any atom is -0.393 e. The average molecular weight is 371 g/mol. The summed E-state index contributed by atoms with van der Waals surface area (Å²) in [6.07, 6.45) is 6.18. The number of nitrogens with one attached hydrogen (secondary N) is 2. The fourth-order valence-corrected chi connectivity index (χ4v) is 3.68. The van der Waals surface area contributed by atoms with Gasteiger partial charge in [-0.15, -0.1) is 0 Å². The number of anilines is 1. The van der Waals surface area contributed by atoms with Crippen LogP contribution < -0.4 is 5.32 Å². The molecular formula is C19H19ClN4O2. The molecule has 0 unspecified atom stereocenters. The molecule has 7 heteroatoms. The summed E-state index contributed by atoms with van der Waals surface area (Å²) in [5, 5.41) is 14.2. The summed E-state index contributed by atoms with van der Waals surface area (Å²) in [5.74, 6) is 0.465. The zero-order chi connectivity index (χ0) is 18.1. The van der Waals surface area contributed by atoms with Crippen LogP contribution in [0.15, 0.2) is 36.8 Å². The molecule has 4 rings (SSSR count). The fourth-order valence-electron chi connectivity index (χ4n) is 3.46. The van der Waals surface area contributed by atoms with Crippen molar-refractivity contribution in [3.63, 3.8) is 0 Å². The van der Waals surface area contributed by atoms with Gasteiger partial charge >= 0.3 is 0 Å². The zero-order valence-electron chi connectivity index (χ0n) is 14.1. The van der Waals surface area contributed by atoms with E-state index >= 15 is 0 Å². The van der Waals surface area contributed by atoms with Gasteiger partial charge in [0.05, 0.1) is 22.1 Å². The molecule has 0 radical (unpaired) electrons. The highest BCUT2D eigenvalue weighted by atomic mass is 35.5. The number of ketones is 1. The molecular weight excluding hydrogens is 352 g/mol. The first-order chi connectivity index (χ1) is 12.6. The van der Waals surface area contributed by atoms with E-state index < -0.39 is 0 Å². The molecule has 0 atom stereocenters. The van der Waals surface area contributed by atoms with Crippen molar-refractivity contribution in [1.29, 1.82) is 0 Å². The van der Waals surface area contributed by atoms with Gasteiger partial charge in [0.15, 0.2) is 5.78 Å². The Labute approximate surface area is 155 Å². The average Bonchev–Trinajstić information content (AvgIpc) is 3.09. The van der Waals surface area contributed by atoms with Crippen molar-refractivity contribution in [3.05, 3.63) is 52.9 Å². The van der Waals surface area contributed by atoms with E-state index in [1.165, 1.54) is 6.33 Å². The van der Waals surface area contributed by atoms with Crippen LogP contribution >= 0.6 is 11.6 Å². The standard InChI is InChI=1S/C19H19ClN4O2/c20-15-4-2-1-3-13(15)17(26)14-9-21-18-16(14)19(23-10-22-18)24-11-5-7-12(25)8-6-11/h1-4,9-12,25H,5-8H2,(H2,21,22,23,24). The number of aliphatic hydroxyl groups excluding tert-OH is 1. The van der Waals surface area contributed by atoms with Gasteiger partial charge in [0.1, 0.15) is 17.8 Å². The van der Waals surface area contributed by atoms with Crippen LogP contribution in [-0.4, -0.2) is 38.0 Å². The van der Waals surface area contributed by atoms with Crippen LogP contribution in [0.25, 0.3) is 11.0 Å². The lowest BCUT2D eigenvalue weighted by Crippen LogP contribution is -2.28. The molecule has 2 aromatic heterocycles. The predicted octanol–water partition coefficient (Wildman–Crippen LogP) is 3.56. The van der Waals surface area contributed by atoms with Crippen molar-refractivity contribution in [2.24, 2.45) is 0 Å². The summed E-state index contributed by atoms with van der Waals surface area (Å²) in [6.45, 7) is 0. The first-order valence-electron chi connectivity index (χ1n) is 8.69. The molecule has 0 saturated heterocycles. The summed E-state index contributed by atoms with van der Waals surface area (Å²) in [6, 6.07) is 7.21. The molecule has 3 aromatic rings. The number of carbonyl (C=O) groups is 1. The highest BCUT2D eigenvalue weighted by molar-refractivity contribution is 6.35. The second-order valence-electron chi connectivity index (χ2n) is 6.61. The quantitative estimate of drug-likeness (QED) is 0.611. The highest BCUT2D eigenvalue weighted by Gasteiger charge is 2.23. The third kappa shape index (κ3) is 3.18. The topological polar surface area (TPSA) is 90.9 Å². The Morgan fingerprint density at radius 2 is 1.92 bits per heavy atom. The van der Waals surface area contributed by atoms with E-state index in [0.29, 0.717) is 33.0 Å². The fraction of sp³-hybridized carbons (Fsp3) is 0.316. The number of aliphatic hydroxyl groups is 1. The number of fused-ring (bicyclic) bond motifs is 1. The van der Waals surface area contributed by atoms with Crippen molar-refractivity contribution in [2.45, 2.75) is 37.8 Å². The van der Waals surface area contributed by atoms with Crippen LogP contribution in [0.2, 0.25) is 5.02 Å². The van der Waals surface area contributed by atoms with Gasteiger partial charge in [-0.2, -0.15) is 0 Å². The summed E-state index contributed by atoms with van der Waals surface area (Å²) in [5.41, 5.74) is 1.55.